The van der Waals surface area contributed by atoms with Gasteiger partial charge in [0.15, 0.2) is 0 Å². The van der Waals surface area contributed by atoms with Crippen LogP contribution in [0.3, 0.4) is 0 Å². The second kappa shape index (κ2) is 8.50. The number of likely N-dealkylation sites (tertiary alicyclic amines) is 1. The minimum absolute atomic E-state index is 0.0645. The van der Waals surface area contributed by atoms with Gasteiger partial charge in [0.1, 0.15) is 5.60 Å². The number of nitrogens with zero attached hydrogens (tertiary/aromatic N) is 2. The topological polar surface area (TPSA) is 49.9 Å². The van der Waals surface area contributed by atoms with Gasteiger partial charge in [-0.2, -0.15) is 0 Å². The number of carbonyl (C=O) groups excluding carboxylic acids is 2. The van der Waals surface area contributed by atoms with E-state index in [1.54, 1.807) is 17.0 Å². The maximum absolute atomic E-state index is 13.2. The summed E-state index contributed by atoms with van der Waals surface area (Å²) in [6.45, 7) is 7.17. The molecule has 1 heterocycles. The van der Waals surface area contributed by atoms with E-state index in [4.69, 9.17) is 27.9 Å². The molecule has 28 heavy (non-hydrogen) atoms. The van der Waals surface area contributed by atoms with Gasteiger partial charge in [0.05, 0.1) is 0 Å². The fraction of sp³-hybridized carbons (Fsp3) is 0.619. The summed E-state index contributed by atoms with van der Waals surface area (Å²) in [6, 6.07) is 5.70. The Labute approximate surface area is 176 Å². The Morgan fingerprint density at radius 2 is 1.79 bits per heavy atom. The van der Waals surface area contributed by atoms with Crippen LogP contribution in [0, 0.1) is 5.92 Å². The maximum Gasteiger partial charge on any atom is 0.410 e. The van der Waals surface area contributed by atoms with Crippen LogP contribution in [0.1, 0.15) is 52.0 Å². The number of rotatable bonds is 4. The highest BCUT2D eigenvalue weighted by Crippen LogP contribution is 2.33. The molecule has 1 saturated heterocycles. The molecule has 0 aromatic heterocycles. The van der Waals surface area contributed by atoms with E-state index in [9.17, 15) is 9.59 Å². The molecule has 2 aliphatic rings. The Balaban J connectivity index is 1.60. The summed E-state index contributed by atoms with van der Waals surface area (Å²) in [7, 11) is 0. The Bertz CT molecular complexity index is 736. The summed E-state index contributed by atoms with van der Waals surface area (Å²) in [6.07, 6.45) is 3.09. The molecule has 2 fully saturated rings. The number of piperidine rings is 1. The van der Waals surface area contributed by atoms with Gasteiger partial charge in [-0.15, -0.1) is 0 Å². The minimum atomic E-state index is -0.510. The van der Waals surface area contributed by atoms with Crippen LogP contribution < -0.4 is 0 Å². The number of ether oxygens (including phenoxy) is 1. The van der Waals surface area contributed by atoms with E-state index >= 15 is 0 Å². The molecule has 0 spiro atoms. The molecule has 1 aliphatic heterocycles. The summed E-state index contributed by atoms with van der Waals surface area (Å²) in [5, 5.41) is 1.18. The largest absolute Gasteiger partial charge is 0.444 e. The first-order chi connectivity index (χ1) is 13.1. The van der Waals surface area contributed by atoms with E-state index in [0.717, 1.165) is 18.4 Å². The molecule has 1 aromatic rings. The summed E-state index contributed by atoms with van der Waals surface area (Å²) in [5.41, 5.74) is 0.405. The number of halogens is 2. The monoisotopic (exact) mass is 426 g/mol. The lowest BCUT2D eigenvalue weighted by Crippen LogP contribution is -2.46. The predicted octanol–water partition coefficient (Wildman–Crippen LogP) is 5.13. The first-order valence-electron chi connectivity index (χ1n) is 9.86. The molecule has 0 radical (unpaired) electrons. The van der Waals surface area contributed by atoms with Crippen LogP contribution in [0.15, 0.2) is 18.2 Å². The van der Waals surface area contributed by atoms with Gasteiger partial charge >= 0.3 is 6.09 Å². The molecule has 2 amide bonds. The second-order valence-corrected chi connectivity index (χ2v) is 9.52. The summed E-state index contributed by atoms with van der Waals surface area (Å²) in [4.78, 5) is 29.1. The predicted molar refractivity (Wildman–Crippen MR) is 111 cm³/mol. The average Bonchev–Trinajstić information content (AvgIpc) is 3.44. The van der Waals surface area contributed by atoms with E-state index in [1.165, 1.54) is 0 Å². The normalized spacial score (nSPS) is 18.1. The van der Waals surface area contributed by atoms with E-state index < -0.39 is 5.60 Å². The number of amides is 2. The van der Waals surface area contributed by atoms with Crippen molar-refractivity contribution in [3.8, 4) is 0 Å². The van der Waals surface area contributed by atoms with Crippen molar-refractivity contribution in [3.05, 3.63) is 33.8 Å². The lowest BCUT2D eigenvalue weighted by molar-refractivity contribution is -0.138. The number of hydrogen-bond acceptors (Lipinski definition) is 3. The van der Waals surface area contributed by atoms with Crippen LogP contribution in [0.2, 0.25) is 10.0 Å². The van der Waals surface area contributed by atoms with E-state index in [2.05, 4.69) is 0 Å². The Hall–Kier alpha value is -1.46. The number of carbonyl (C=O) groups is 2. The van der Waals surface area contributed by atoms with Gasteiger partial charge in [-0.05, 0) is 64.2 Å². The highest BCUT2D eigenvalue weighted by Gasteiger charge is 2.38. The zero-order valence-corrected chi connectivity index (χ0v) is 18.2. The zero-order valence-electron chi connectivity index (χ0n) is 16.7. The van der Waals surface area contributed by atoms with Gasteiger partial charge in [0.2, 0.25) is 5.91 Å². The van der Waals surface area contributed by atoms with Crippen molar-refractivity contribution in [2.24, 2.45) is 5.92 Å². The molecule has 1 aliphatic carbocycles. The van der Waals surface area contributed by atoms with Gasteiger partial charge in [-0.1, -0.05) is 29.3 Å². The highest BCUT2D eigenvalue weighted by molar-refractivity contribution is 6.35. The summed E-state index contributed by atoms with van der Waals surface area (Å²) < 4.78 is 5.44. The molecule has 154 valence electrons. The van der Waals surface area contributed by atoms with Gasteiger partial charge in [0, 0.05) is 41.6 Å². The van der Waals surface area contributed by atoms with Crippen LogP contribution >= 0.6 is 23.2 Å². The molecule has 1 saturated carbocycles. The Morgan fingerprint density at radius 3 is 2.32 bits per heavy atom. The molecule has 0 atom stereocenters. The van der Waals surface area contributed by atoms with Crippen molar-refractivity contribution in [1.82, 2.24) is 9.80 Å². The van der Waals surface area contributed by atoms with Crippen molar-refractivity contribution in [2.45, 2.75) is 64.6 Å². The SMILES string of the molecule is CC(C)(C)OC(=O)N1CCC(C(=O)N(Cc2ccc(Cl)cc2Cl)C2CC2)CC1. The fourth-order valence-electron chi connectivity index (χ4n) is 3.48. The molecule has 3 rings (SSSR count). The van der Waals surface area contributed by atoms with Crippen molar-refractivity contribution >= 4 is 35.2 Å². The maximum atomic E-state index is 13.2. The molecular weight excluding hydrogens is 399 g/mol. The third-order valence-electron chi connectivity index (χ3n) is 5.12. The average molecular weight is 427 g/mol. The second-order valence-electron chi connectivity index (χ2n) is 8.67. The lowest BCUT2D eigenvalue weighted by atomic mass is 9.95. The third-order valence-corrected chi connectivity index (χ3v) is 5.71. The zero-order chi connectivity index (χ0) is 20.5. The minimum Gasteiger partial charge on any atom is -0.444 e. The van der Waals surface area contributed by atoms with E-state index in [1.807, 2.05) is 31.7 Å². The van der Waals surface area contributed by atoms with Crippen LogP contribution in [0.5, 0.6) is 0 Å². The van der Waals surface area contributed by atoms with Crippen molar-refractivity contribution in [3.63, 3.8) is 0 Å². The van der Waals surface area contributed by atoms with Crippen molar-refractivity contribution in [1.29, 1.82) is 0 Å². The van der Waals surface area contributed by atoms with Gasteiger partial charge in [-0.3, -0.25) is 4.79 Å². The third kappa shape index (κ3) is 5.54. The fourth-order valence-corrected chi connectivity index (χ4v) is 3.94. The standard InChI is InChI=1S/C21H28Cl2N2O3/c1-21(2,3)28-20(27)24-10-8-14(9-11-24)19(26)25(17-6-7-17)13-15-4-5-16(22)12-18(15)23/h4-5,12,14,17H,6-11,13H2,1-3H3. The Morgan fingerprint density at radius 1 is 1.14 bits per heavy atom. The quantitative estimate of drug-likeness (QED) is 0.669. The van der Waals surface area contributed by atoms with E-state index in [-0.39, 0.29) is 17.9 Å². The molecule has 1 aromatic carbocycles. The molecule has 0 unspecified atom stereocenters. The van der Waals surface area contributed by atoms with Gasteiger partial charge < -0.3 is 14.5 Å². The molecule has 0 N–H and O–H groups in total. The molecule has 5 nitrogen and oxygen atoms in total. The van der Waals surface area contributed by atoms with Crippen LogP contribution in [-0.2, 0) is 16.1 Å². The van der Waals surface area contributed by atoms with Gasteiger partial charge in [0.25, 0.3) is 0 Å². The lowest BCUT2D eigenvalue weighted by Gasteiger charge is -2.35. The summed E-state index contributed by atoms with van der Waals surface area (Å²) in [5.74, 6) is 0.0997. The first kappa shape index (κ1) is 21.3. The first-order valence-corrected chi connectivity index (χ1v) is 10.6. The van der Waals surface area contributed by atoms with Gasteiger partial charge in [-0.25, -0.2) is 4.79 Å². The van der Waals surface area contributed by atoms with Crippen LogP contribution in [-0.4, -0.2) is 46.5 Å². The number of hydrogen-bond donors (Lipinski definition) is 0. The molecule has 0 bridgehead atoms. The number of benzene rings is 1. The van der Waals surface area contributed by atoms with Crippen LogP contribution in [0.4, 0.5) is 4.79 Å². The van der Waals surface area contributed by atoms with Crippen molar-refractivity contribution in [2.75, 3.05) is 13.1 Å². The van der Waals surface area contributed by atoms with E-state index in [0.29, 0.717) is 48.6 Å². The molecular formula is C21H28Cl2N2O3. The highest BCUT2D eigenvalue weighted by atomic mass is 35.5. The van der Waals surface area contributed by atoms with Crippen LogP contribution in [0.25, 0.3) is 0 Å². The van der Waals surface area contributed by atoms with Crippen molar-refractivity contribution < 1.29 is 14.3 Å². The molecule has 7 heteroatoms. The smallest absolute Gasteiger partial charge is 0.410 e. The summed E-state index contributed by atoms with van der Waals surface area (Å²) >= 11 is 12.3. The Kier molecular flexibility index (Phi) is 6.45.